The van der Waals surface area contributed by atoms with Gasteiger partial charge in [0.1, 0.15) is 11.5 Å². The maximum absolute atomic E-state index is 6.46. The fraction of sp³-hybridized carbons (Fsp3) is 0. The lowest BCUT2D eigenvalue weighted by Crippen LogP contribution is -1.91. The number of halogens is 4. The highest BCUT2D eigenvalue weighted by Crippen LogP contribution is 2.84. The van der Waals surface area contributed by atoms with E-state index in [1.165, 1.54) is 0 Å². The summed E-state index contributed by atoms with van der Waals surface area (Å²) in [6.45, 7) is -6.52. The zero-order valence-electron chi connectivity index (χ0n) is 11.8. The lowest BCUT2D eigenvalue weighted by atomic mass is 10.3. The van der Waals surface area contributed by atoms with E-state index in [0.717, 1.165) is 0 Å². The van der Waals surface area contributed by atoms with Crippen LogP contribution in [0.1, 0.15) is 0 Å². The lowest BCUT2D eigenvalue weighted by Gasteiger charge is -2.24. The first-order valence-corrected chi connectivity index (χ1v) is 15.0. The predicted octanol–water partition coefficient (Wildman–Crippen LogP) is 8.95. The van der Waals surface area contributed by atoms with Crippen molar-refractivity contribution in [3.8, 4) is 11.5 Å². The fourth-order valence-corrected chi connectivity index (χ4v) is 16.5. The van der Waals surface area contributed by atoms with E-state index >= 15 is 0 Å². The van der Waals surface area contributed by atoms with Crippen molar-refractivity contribution in [3.05, 3.63) is 60.7 Å². The molecule has 2 atom stereocenters. The molecule has 0 aliphatic carbocycles. The first-order chi connectivity index (χ1) is 11.3. The summed E-state index contributed by atoms with van der Waals surface area (Å²) in [5, 5.41) is 0. The molecule has 0 N–H and O–H groups in total. The van der Waals surface area contributed by atoms with Gasteiger partial charge in [-0.25, -0.2) is 0 Å². The highest BCUT2D eigenvalue weighted by atomic mass is 35.9. The number of hydrogen-bond donors (Lipinski definition) is 0. The standard InChI is InChI=1S/C12H10Cl4N3O2P3/c13-22(14)17-23(15,20-11-7-3-1-4-8-11)19-24(16,18-22)21-12-9-5-2-6-10-12/h1-10H. The lowest BCUT2D eigenvalue weighted by molar-refractivity contribution is 0.607. The van der Waals surface area contributed by atoms with Gasteiger partial charge in [-0.15, -0.1) is 4.52 Å². The molecule has 0 radical (unpaired) electrons. The Hall–Kier alpha value is -0.110. The third-order valence-electron chi connectivity index (χ3n) is 2.59. The Balaban J connectivity index is 2.02. The van der Waals surface area contributed by atoms with E-state index in [1.54, 1.807) is 48.5 Å². The fourth-order valence-electron chi connectivity index (χ4n) is 1.76. The second kappa shape index (κ2) is 7.25. The van der Waals surface area contributed by atoms with E-state index in [2.05, 4.69) is 13.5 Å². The molecular formula is C12H10Cl4N3O2P3. The summed E-state index contributed by atoms with van der Waals surface area (Å²) in [6.07, 6.45) is 0. The van der Waals surface area contributed by atoms with Crippen LogP contribution in [0.2, 0.25) is 0 Å². The number of rotatable bonds is 4. The first-order valence-electron chi connectivity index (χ1n) is 6.47. The molecule has 0 aromatic heterocycles. The molecule has 12 heteroatoms. The predicted molar refractivity (Wildman–Crippen MR) is 106 cm³/mol. The molecule has 3 rings (SSSR count). The van der Waals surface area contributed by atoms with Gasteiger partial charge in [-0.05, 0) is 69.2 Å². The summed E-state index contributed by atoms with van der Waals surface area (Å²) in [5.74, 6) is -2.21. The van der Waals surface area contributed by atoms with Crippen molar-refractivity contribution in [1.29, 1.82) is 0 Å². The molecule has 0 saturated carbocycles. The molecule has 0 saturated heterocycles. The van der Waals surface area contributed by atoms with Gasteiger partial charge in [0, 0.05) is 0 Å². The minimum atomic E-state index is -3.26. The molecule has 0 spiro atoms. The Labute approximate surface area is 158 Å². The minimum Gasteiger partial charge on any atom is -0.431 e. The number of hydrogen-bond acceptors (Lipinski definition) is 5. The Morgan fingerprint density at radius 1 is 0.583 bits per heavy atom. The third-order valence-corrected chi connectivity index (χ3v) is 14.0. The first kappa shape index (κ1) is 18.7. The second-order valence-electron chi connectivity index (χ2n) is 4.48. The summed E-state index contributed by atoms with van der Waals surface area (Å²) >= 11 is 25.3. The molecule has 0 bridgehead atoms. The summed E-state index contributed by atoms with van der Waals surface area (Å²) in [5.41, 5.74) is 0. The van der Waals surface area contributed by atoms with Crippen LogP contribution in [0, 0.1) is 0 Å². The summed E-state index contributed by atoms with van der Waals surface area (Å²) in [6, 6.07) is 17.7. The van der Waals surface area contributed by atoms with E-state index in [9.17, 15) is 0 Å². The van der Waals surface area contributed by atoms with Gasteiger partial charge >= 0.3 is 13.6 Å². The van der Waals surface area contributed by atoms with Crippen LogP contribution in [0.15, 0.2) is 74.2 Å². The van der Waals surface area contributed by atoms with Crippen molar-refractivity contribution < 1.29 is 9.05 Å². The van der Waals surface area contributed by atoms with Gasteiger partial charge in [0.2, 0.25) is 0 Å². The van der Waals surface area contributed by atoms with Crippen LogP contribution in [0.3, 0.4) is 0 Å². The molecule has 5 nitrogen and oxygen atoms in total. The average Bonchev–Trinajstić information content (AvgIpc) is 2.45. The van der Waals surface area contributed by atoms with Crippen LogP contribution in [0.5, 0.6) is 11.5 Å². The Morgan fingerprint density at radius 2 is 1.00 bits per heavy atom. The summed E-state index contributed by atoms with van der Waals surface area (Å²) in [4.78, 5) is 0. The molecule has 24 heavy (non-hydrogen) atoms. The van der Waals surface area contributed by atoms with E-state index in [0.29, 0.717) is 11.5 Å². The molecule has 1 aliphatic rings. The highest BCUT2D eigenvalue weighted by molar-refractivity contribution is 8.16. The molecular weight excluding hydrogens is 453 g/mol. The van der Waals surface area contributed by atoms with Crippen LogP contribution in [-0.4, -0.2) is 0 Å². The normalized spacial score (nSPS) is 28.0. The second-order valence-corrected chi connectivity index (χ2v) is 15.8. The van der Waals surface area contributed by atoms with Crippen molar-refractivity contribution in [3.63, 3.8) is 0 Å². The quantitative estimate of drug-likeness (QED) is 0.425. The van der Waals surface area contributed by atoms with Crippen molar-refractivity contribution in [1.82, 2.24) is 0 Å². The van der Waals surface area contributed by atoms with Gasteiger partial charge in [-0.1, -0.05) is 36.4 Å². The highest BCUT2D eigenvalue weighted by Gasteiger charge is 2.37. The van der Waals surface area contributed by atoms with Crippen LogP contribution in [0.4, 0.5) is 0 Å². The van der Waals surface area contributed by atoms with Gasteiger partial charge in [-0.2, -0.15) is 9.03 Å². The molecule has 2 aromatic rings. The van der Waals surface area contributed by atoms with E-state index in [4.69, 9.17) is 54.0 Å². The topological polar surface area (TPSA) is 55.5 Å². The van der Waals surface area contributed by atoms with E-state index in [-0.39, 0.29) is 0 Å². The maximum atomic E-state index is 6.46. The van der Waals surface area contributed by atoms with Crippen LogP contribution in [0.25, 0.3) is 0 Å². The van der Waals surface area contributed by atoms with Crippen LogP contribution in [-0.2, 0) is 0 Å². The number of benzene rings is 2. The molecule has 1 heterocycles. The smallest absolute Gasteiger partial charge is 0.352 e. The zero-order valence-corrected chi connectivity index (χ0v) is 17.5. The average molecular weight is 463 g/mol. The monoisotopic (exact) mass is 461 g/mol. The van der Waals surface area contributed by atoms with Crippen molar-refractivity contribution in [2.45, 2.75) is 0 Å². The molecule has 0 fully saturated rings. The Morgan fingerprint density at radius 3 is 1.46 bits per heavy atom. The maximum Gasteiger partial charge on any atom is 0.352 e. The minimum absolute atomic E-state index is 0.478. The largest absolute Gasteiger partial charge is 0.431 e. The van der Waals surface area contributed by atoms with Gasteiger partial charge in [-0.3, -0.25) is 0 Å². The molecule has 128 valence electrons. The molecule has 2 unspecified atom stereocenters. The summed E-state index contributed by atoms with van der Waals surface area (Å²) < 4.78 is 23.9. The molecule has 1 aliphatic heterocycles. The number of para-hydroxylation sites is 2. The summed E-state index contributed by atoms with van der Waals surface area (Å²) in [7, 11) is 0. The Kier molecular flexibility index (Phi) is 5.64. The molecule has 0 amide bonds. The SMILES string of the molecule is ClP1(Cl)=NP(Cl)(Oc2ccccc2)=NP(Cl)(Oc2ccccc2)=N1. The van der Waals surface area contributed by atoms with Crippen molar-refractivity contribution in [2.24, 2.45) is 13.5 Å². The van der Waals surface area contributed by atoms with Crippen molar-refractivity contribution >= 4 is 64.4 Å². The zero-order chi connectivity index (χ0) is 17.3. The molecule has 2 aromatic carbocycles. The Bertz CT molecular complexity index is 855. The number of nitrogens with zero attached hydrogens (tertiary/aromatic N) is 3. The van der Waals surface area contributed by atoms with Gasteiger partial charge in [0.25, 0.3) is 5.91 Å². The third kappa shape index (κ3) is 4.96. The van der Waals surface area contributed by atoms with Crippen LogP contribution >= 0.6 is 64.4 Å². The van der Waals surface area contributed by atoms with Crippen molar-refractivity contribution in [2.75, 3.05) is 0 Å². The van der Waals surface area contributed by atoms with E-state index < -0.39 is 19.5 Å². The van der Waals surface area contributed by atoms with Gasteiger partial charge in [0.15, 0.2) is 0 Å². The van der Waals surface area contributed by atoms with Gasteiger partial charge < -0.3 is 9.05 Å². The van der Waals surface area contributed by atoms with Gasteiger partial charge in [0.05, 0.1) is 0 Å². The van der Waals surface area contributed by atoms with Crippen LogP contribution < -0.4 is 9.05 Å². The van der Waals surface area contributed by atoms with E-state index in [1.807, 2.05) is 12.1 Å².